The Bertz CT molecular complexity index is 1460. The Hall–Kier alpha value is -2.56. The van der Waals surface area contributed by atoms with Gasteiger partial charge in [0, 0.05) is 17.2 Å². The van der Waals surface area contributed by atoms with Crippen molar-refractivity contribution >= 4 is 38.4 Å². The lowest BCUT2D eigenvalue weighted by atomic mass is 9.57. The Morgan fingerprint density at radius 1 is 1.09 bits per heavy atom. The summed E-state index contributed by atoms with van der Waals surface area (Å²) in [4.78, 5) is 7.50. The number of H-pyrrole nitrogens is 1. The zero-order valence-corrected chi connectivity index (χ0v) is 18.5. The van der Waals surface area contributed by atoms with Gasteiger partial charge in [0.25, 0.3) is 0 Å². The molecule has 2 N–H and O–H groups in total. The van der Waals surface area contributed by atoms with E-state index in [9.17, 15) is 12.8 Å². The summed E-state index contributed by atoms with van der Waals surface area (Å²) < 4.78 is 44.5. The van der Waals surface area contributed by atoms with Crippen LogP contribution in [0.4, 0.5) is 4.39 Å². The van der Waals surface area contributed by atoms with Crippen molar-refractivity contribution in [2.45, 2.75) is 54.4 Å². The lowest BCUT2D eigenvalue weighted by Gasteiger charge is -2.52. The Morgan fingerprint density at radius 3 is 2.56 bits per heavy atom. The van der Waals surface area contributed by atoms with Gasteiger partial charge >= 0.3 is 0 Å². The molecule has 11 heteroatoms. The molecule has 0 radical (unpaired) electrons. The van der Waals surface area contributed by atoms with Crippen LogP contribution in [0.15, 0.2) is 41.6 Å². The average Bonchev–Trinajstić information content (AvgIpc) is 3.43. The van der Waals surface area contributed by atoms with Crippen LogP contribution < -0.4 is 4.72 Å². The van der Waals surface area contributed by atoms with E-state index in [2.05, 4.69) is 29.3 Å². The molecular formula is C21H20ClFN6O2S. The van der Waals surface area contributed by atoms with E-state index in [0.29, 0.717) is 24.9 Å². The molecule has 0 saturated heterocycles. The van der Waals surface area contributed by atoms with Gasteiger partial charge in [-0.2, -0.15) is 0 Å². The number of sulfonamides is 1. The van der Waals surface area contributed by atoms with Crippen LogP contribution in [0, 0.1) is 5.82 Å². The topological polar surface area (TPSA) is 105 Å². The molecule has 3 heterocycles. The van der Waals surface area contributed by atoms with Crippen LogP contribution in [-0.4, -0.2) is 38.5 Å². The first kappa shape index (κ1) is 20.1. The number of aromatic amines is 1. The molecule has 0 spiro atoms. The van der Waals surface area contributed by atoms with Gasteiger partial charge in [-0.15, -0.1) is 10.2 Å². The third kappa shape index (κ3) is 2.89. The van der Waals surface area contributed by atoms with E-state index < -0.39 is 21.4 Å². The number of nitrogens with one attached hydrogen (secondary N) is 2. The molecule has 4 aromatic rings. The second kappa shape index (κ2) is 6.72. The van der Waals surface area contributed by atoms with Crippen molar-refractivity contribution in [2.24, 2.45) is 0 Å². The van der Waals surface area contributed by atoms with Crippen molar-refractivity contribution in [3.63, 3.8) is 0 Å². The number of aromatic nitrogens is 5. The van der Waals surface area contributed by atoms with Crippen molar-refractivity contribution < 1.29 is 12.8 Å². The van der Waals surface area contributed by atoms with Crippen LogP contribution in [0.25, 0.3) is 16.8 Å². The first-order valence-corrected chi connectivity index (χ1v) is 12.3. The molecule has 3 saturated carbocycles. The predicted octanol–water partition coefficient (Wildman–Crippen LogP) is 3.72. The third-order valence-electron chi connectivity index (χ3n) is 7.21. The highest BCUT2D eigenvalue weighted by Gasteiger charge is 2.53. The van der Waals surface area contributed by atoms with Crippen molar-refractivity contribution in [1.82, 2.24) is 29.3 Å². The van der Waals surface area contributed by atoms with E-state index in [1.54, 1.807) is 6.20 Å². The lowest BCUT2D eigenvalue weighted by molar-refractivity contribution is 0.0882. The number of halogens is 2. The molecular weight excluding hydrogens is 455 g/mol. The molecule has 0 atom stereocenters. The van der Waals surface area contributed by atoms with E-state index in [-0.39, 0.29) is 15.3 Å². The molecule has 3 aliphatic carbocycles. The van der Waals surface area contributed by atoms with E-state index in [0.717, 1.165) is 48.4 Å². The lowest BCUT2D eigenvalue weighted by Crippen LogP contribution is -2.58. The summed E-state index contributed by atoms with van der Waals surface area (Å²) in [5, 5.41) is 8.69. The summed E-state index contributed by atoms with van der Waals surface area (Å²) in [6, 6.07) is 5.45. The highest BCUT2D eigenvalue weighted by molar-refractivity contribution is 7.89. The summed E-state index contributed by atoms with van der Waals surface area (Å²) in [6.45, 7) is 0. The quantitative estimate of drug-likeness (QED) is 0.469. The third-order valence-corrected chi connectivity index (χ3v) is 9.08. The Labute approximate surface area is 188 Å². The fourth-order valence-corrected chi connectivity index (χ4v) is 7.14. The van der Waals surface area contributed by atoms with Gasteiger partial charge < -0.3 is 4.98 Å². The van der Waals surface area contributed by atoms with Crippen LogP contribution >= 0.6 is 11.6 Å². The van der Waals surface area contributed by atoms with Crippen LogP contribution in [0.2, 0.25) is 5.02 Å². The molecule has 32 heavy (non-hydrogen) atoms. The fourth-order valence-electron chi connectivity index (χ4n) is 5.38. The Morgan fingerprint density at radius 2 is 1.84 bits per heavy atom. The maximum Gasteiger partial charge on any atom is 0.241 e. The number of benzene rings is 1. The van der Waals surface area contributed by atoms with Gasteiger partial charge in [-0.1, -0.05) is 11.6 Å². The molecule has 1 aromatic carbocycles. The van der Waals surface area contributed by atoms with Gasteiger partial charge in [0.05, 0.1) is 21.6 Å². The Balaban J connectivity index is 1.31. The number of hydrogen-bond donors (Lipinski definition) is 2. The molecule has 0 unspecified atom stereocenters. The molecule has 3 aromatic heterocycles. The van der Waals surface area contributed by atoms with E-state index >= 15 is 0 Å². The first-order chi connectivity index (χ1) is 15.3. The summed E-state index contributed by atoms with van der Waals surface area (Å²) in [6.07, 6.45) is 8.04. The highest BCUT2D eigenvalue weighted by Crippen LogP contribution is 2.53. The van der Waals surface area contributed by atoms with Gasteiger partial charge in [0.15, 0.2) is 11.3 Å². The molecule has 7 rings (SSSR count). The van der Waals surface area contributed by atoms with Gasteiger partial charge in [0.1, 0.15) is 11.6 Å². The molecule has 0 amide bonds. The first-order valence-electron chi connectivity index (χ1n) is 10.5. The minimum Gasteiger partial charge on any atom is -0.345 e. The predicted molar refractivity (Wildman–Crippen MR) is 116 cm³/mol. The standard InChI is InChI=1S/C21H20ClFN6O2S/c22-14-11-13(1-2-15(14)23)32(30,31)28-21-7-4-20(5-8-21,6-9-21)19-27-26-17-12-25-18-16(29(17)19)3-10-24-18/h1-3,10-12,24,28H,4-9H2. The number of hydrogen-bond acceptors (Lipinski definition) is 5. The summed E-state index contributed by atoms with van der Waals surface area (Å²) in [7, 11) is -3.82. The largest absolute Gasteiger partial charge is 0.345 e. The monoisotopic (exact) mass is 474 g/mol. The van der Waals surface area contributed by atoms with Gasteiger partial charge in [0.2, 0.25) is 10.0 Å². The minimum absolute atomic E-state index is 0.0218. The van der Waals surface area contributed by atoms with Crippen LogP contribution in [0.3, 0.4) is 0 Å². The Kier molecular flexibility index (Phi) is 4.22. The van der Waals surface area contributed by atoms with Gasteiger partial charge in [-0.05, 0) is 62.8 Å². The smallest absolute Gasteiger partial charge is 0.241 e. The maximum absolute atomic E-state index is 13.5. The van der Waals surface area contributed by atoms with Crippen LogP contribution in [0.1, 0.15) is 44.3 Å². The minimum atomic E-state index is -3.82. The zero-order valence-electron chi connectivity index (χ0n) is 17.0. The summed E-state index contributed by atoms with van der Waals surface area (Å²) >= 11 is 5.81. The molecule has 3 aliphatic rings. The normalized spacial score (nSPS) is 25.7. The van der Waals surface area contributed by atoms with Crippen molar-refractivity contribution in [3.05, 3.63) is 53.3 Å². The summed E-state index contributed by atoms with van der Waals surface area (Å²) in [5.41, 5.74) is 1.75. The highest BCUT2D eigenvalue weighted by atomic mass is 35.5. The number of nitrogens with zero attached hydrogens (tertiary/aromatic N) is 4. The summed E-state index contributed by atoms with van der Waals surface area (Å²) in [5.74, 6) is 0.275. The van der Waals surface area contributed by atoms with E-state index in [4.69, 9.17) is 11.6 Å². The molecule has 3 fully saturated rings. The van der Waals surface area contributed by atoms with E-state index in [1.807, 2.05) is 12.3 Å². The number of fused-ring (bicyclic) bond motifs is 6. The van der Waals surface area contributed by atoms with E-state index in [1.165, 1.54) is 6.07 Å². The molecule has 0 aliphatic heterocycles. The van der Waals surface area contributed by atoms with Gasteiger partial charge in [-0.25, -0.2) is 22.5 Å². The maximum atomic E-state index is 13.5. The van der Waals surface area contributed by atoms with Crippen molar-refractivity contribution in [3.8, 4) is 0 Å². The van der Waals surface area contributed by atoms with Crippen LogP contribution in [0.5, 0.6) is 0 Å². The second-order valence-corrected chi connectivity index (χ2v) is 11.0. The SMILES string of the molecule is O=S(=O)(NC12CCC(c3nnc4cnc5[nH]ccc5n34)(CC1)CC2)c1ccc(F)c(Cl)c1. The van der Waals surface area contributed by atoms with Crippen molar-refractivity contribution in [1.29, 1.82) is 0 Å². The average molecular weight is 475 g/mol. The van der Waals surface area contributed by atoms with Crippen molar-refractivity contribution in [2.75, 3.05) is 0 Å². The zero-order chi connectivity index (χ0) is 22.1. The fraction of sp³-hybridized carbons (Fsp3) is 0.381. The van der Waals surface area contributed by atoms with Crippen LogP contribution in [-0.2, 0) is 15.4 Å². The number of rotatable bonds is 4. The molecule has 8 nitrogen and oxygen atoms in total. The molecule has 2 bridgehead atoms. The molecule has 166 valence electrons. The van der Waals surface area contributed by atoms with Gasteiger partial charge in [-0.3, -0.25) is 4.40 Å². The second-order valence-electron chi connectivity index (χ2n) is 8.93.